The summed E-state index contributed by atoms with van der Waals surface area (Å²) in [6.07, 6.45) is 5.95. The molecule has 1 aromatic heterocycles. The van der Waals surface area contributed by atoms with Gasteiger partial charge in [-0.1, -0.05) is 19.3 Å². The summed E-state index contributed by atoms with van der Waals surface area (Å²) in [5.41, 5.74) is 7.67. The van der Waals surface area contributed by atoms with E-state index in [2.05, 4.69) is 16.5 Å². The summed E-state index contributed by atoms with van der Waals surface area (Å²) >= 11 is 0. The van der Waals surface area contributed by atoms with E-state index in [1.165, 1.54) is 31.4 Å². The molecule has 3 nitrogen and oxygen atoms in total. The molecule has 0 radical (unpaired) electrons. The molecule has 3 rings (SSSR count). The van der Waals surface area contributed by atoms with Gasteiger partial charge in [-0.15, -0.1) is 0 Å². The second-order valence-electron chi connectivity index (χ2n) is 5.50. The topological polar surface area (TPSA) is 43.8 Å². The largest absolute Gasteiger partial charge is 0.369 e. The molecular weight excluding hydrogens is 229 g/mol. The average Bonchev–Trinajstić information content (AvgIpc) is 2.65. The van der Waals surface area contributed by atoms with E-state index >= 15 is 0 Å². The van der Waals surface area contributed by atoms with Crippen molar-refractivity contribution >= 4 is 17.0 Å². The molecule has 2 aromatic rings. The Bertz CT molecular complexity index is 582. The number of anilines is 1. The van der Waals surface area contributed by atoms with Gasteiger partial charge in [0.1, 0.15) is 5.82 Å². The van der Waals surface area contributed by atoms with Crippen molar-refractivity contribution in [2.75, 3.05) is 5.73 Å². The predicted molar refractivity (Wildman–Crippen MR) is 70.8 cm³/mol. The SMILES string of the molecule is CC1(n2c(N)nc3cc(F)ccc32)CCCCC1. The highest BCUT2D eigenvalue weighted by atomic mass is 19.1. The summed E-state index contributed by atoms with van der Waals surface area (Å²) in [7, 11) is 0. The zero-order valence-electron chi connectivity index (χ0n) is 10.6. The van der Waals surface area contributed by atoms with E-state index in [-0.39, 0.29) is 11.4 Å². The Labute approximate surface area is 106 Å². The summed E-state index contributed by atoms with van der Waals surface area (Å²) in [6.45, 7) is 2.23. The number of aromatic nitrogens is 2. The van der Waals surface area contributed by atoms with Crippen LogP contribution in [0.5, 0.6) is 0 Å². The van der Waals surface area contributed by atoms with Crippen LogP contribution in [0.1, 0.15) is 39.0 Å². The number of nitrogen functional groups attached to an aromatic ring is 1. The van der Waals surface area contributed by atoms with E-state index in [0.29, 0.717) is 11.5 Å². The Morgan fingerprint density at radius 2 is 2.00 bits per heavy atom. The lowest BCUT2D eigenvalue weighted by Crippen LogP contribution is -2.33. The van der Waals surface area contributed by atoms with Gasteiger partial charge in [-0.25, -0.2) is 9.37 Å². The van der Waals surface area contributed by atoms with Crippen LogP contribution in [0.25, 0.3) is 11.0 Å². The number of hydrogen-bond acceptors (Lipinski definition) is 2. The molecule has 0 bridgehead atoms. The maximum absolute atomic E-state index is 13.2. The predicted octanol–water partition coefficient (Wildman–Crippen LogP) is 3.44. The lowest BCUT2D eigenvalue weighted by Gasteiger charge is -2.36. The normalized spacial score (nSPS) is 19.2. The van der Waals surface area contributed by atoms with Crippen molar-refractivity contribution in [3.8, 4) is 0 Å². The Hall–Kier alpha value is -1.58. The van der Waals surface area contributed by atoms with Gasteiger partial charge in [0.25, 0.3) is 0 Å². The molecular formula is C14H18FN3. The minimum absolute atomic E-state index is 0.0227. The number of benzene rings is 1. The van der Waals surface area contributed by atoms with E-state index in [1.807, 2.05) is 0 Å². The van der Waals surface area contributed by atoms with E-state index in [4.69, 9.17) is 5.73 Å². The zero-order chi connectivity index (χ0) is 12.8. The molecule has 0 saturated heterocycles. The van der Waals surface area contributed by atoms with Gasteiger partial charge < -0.3 is 10.3 Å². The van der Waals surface area contributed by atoms with Crippen LogP contribution in [0.2, 0.25) is 0 Å². The highest BCUT2D eigenvalue weighted by molar-refractivity contribution is 5.78. The van der Waals surface area contributed by atoms with Gasteiger partial charge in [-0.2, -0.15) is 0 Å². The summed E-state index contributed by atoms with van der Waals surface area (Å²) in [6, 6.07) is 4.72. The molecule has 18 heavy (non-hydrogen) atoms. The highest BCUT2D eigenvalue weighted by Crippen LogP contribution is 2.38. The third-order valence-electron chi connectivity index (χ3n) is 4.11. The molecule has 0 amide bonds. The lowest BCUT2D eigenvalue weighted by molar-refractivity contribution is 0.228. The minimum atomic E-state index is -0.263. The third kappa shape index (κ3) is 1.67. The first-order valence-electron chi connectivity index (χ1n) is 6.54. The second-order valence-corrected chi connectivity index (χ2v) is 5.50. The van der Waals surface area contributed by atoms with Crippen LogP contribution in [-0.4, -0.2) is 9.55 Å². The molecule has 2 N–H and O–H groups in total. The monoisotopic (exact) mass is 247 g/mol. The second kappa shape index (κ2) is 3.97. The summed E-state index contributed by atoms with van der Waals surface area (Å²) < 4.78 is 15.3. The smallest absolute Gasteiger partial charge is 0.201 e. The molecule has 1 aliphatic carbocycles. The number of hydrogen-bond donors (Lipinski definition) is 1. The van der Waals surface area contributed by atoms with Crippen LogP contribution in [-0.2, 0) is 5.54 Å². The van der Waals surface area contributed by atoms with Crippen LogP contribution in [0.4, 0.5) is 10.3 Å². The highest BCUT2D eigenvalue weighted by Gasteiger charge is 2.31. The van der Waals surface area contributed by atoms with Crippen molar-refractivity contribution in [2.45, 2.75) is 44.6 Å². The van der Waals surface area contributed by atoms with Crippen LogP contribution in [0.3, 0.4) is 0 Å². The van der Waals surface area contributed by atoms with Crippen LogP contribution in [0.15, 0.2) is 18.2 Å². The fourth-order valence-electron chi connectivity index (χ4n) is 3.18. The number of nitrogens with zero attached hydrogens (tertiary/aromatic N) is 2. The number of nitrogens with two attached hydrogens (primary N) is 1. The van der Waals surface area contributed by atoms with Crippen molar-refractivity contribution in [1.29, 1.82) is 0 Å². The quantitative estimate of drug-likeness (QED) is 0.839. The van der Waals surface area contributed by atoms with Gasteiger partial charge in [0.05, 0.1) is 11.0 Å². The first-order chi connectivity index (χ1) is 8.60. The minimum Gasteiger partial charge on any atom is -0.369 e. The summed E-state index contributed by atoms with van der Waals surface area (Å²) in [5, 5.41) is 0. The molecule has 0 spiro atoms. The molecule has 0 aliphatic heterocycles. The fourth-order valence-corrected chi connectivity index (χ4v) is 3.18. The average molecular weight is 247 g/mol. The van der Waals surface area contributed by atoms with Gasteiger partial charge in [0.15, 0.2) is 0 Å². The van der Waals surface area contributed by atoms with E-state index < -0.39 is 0 Å². The number of halogens is 1. The Kier molecular flexibility index (Phi) is 2.54. The van der Waals surface area contributed by atoms with Gasteiger partial charge in [-0.3, -0.25) is 0 Å². The molecule has 96 valence electrons. The fraction of sp³-hybridized carbons (Fsp3) is 0.500. The Morgan fingerprint density at radius 1 is 1.28 bits per heavy atom. The molecule has 4 heteroatoms. The van der Waals surface area contributed by atoms with Gasteiger partial charge in [0, 0.05) is 11.6 Å². The van der Waals surface area contributed by atoms with E-state index in [0.717, 1.165) is 18.4 Å². The molecule has 1 saturated carbocycles. The zero-order valence-corrected chi connectivity index (χ0v) is 10.6. The van der Waals surface area contributed by atoms with Crippen molar-refractivity contribution < 1.29 is 4.39 Å². The van der Waals surface area contributed by atoms with Crippen molar-refractivity contribution in [1.82, 2.24) is 9.55 Å². The lowest BCUT2D eigenvalue weighted by atomic mass is 9.83. The molecule has 0 unspecified atom stereocenters. The van der Waals surface area contributed by atoms with Crippen molar-refractivity contribution in [3.05, 3.63) is 24.0 Å². The maximum Gasteiger partial charge on any atom is 0.201 e. The van der Waals surface area contributed by atoms with Gasteiger partial charge in [-0.05, 0) is 31.9 Å². The number of fused-ring (bicyclic) bond motifs is 1. The molecule has 1 fully saturated rings. The van der Waals surface area contributed by atoms with Gasteiger partial charge >= 0.3 is 0 Å². The maximum atomic E-state index is 13.2. The summed E-state index contributed by atoms with van der Waals surface area (Å²) in [5.74, 6) is 0.237. The van der Waals surface area contributed by atoms with E-state index in [9.17, 15) is 4.39 Å². The number of imidazole rings is 1. The van der Waals surface area contributed by atoms with E-state index in [1.54, 1.807) is 6.07 Å². The van der Waals surface area contributed by atoms with Crippen molar-refractivity contribution in [2.24, 2.45) is 0 Å². The standard InChI is InChI=1S/C14H18FN3/c1-14(7-3-2-4-8-14)18-12-6-5-10(15)9-11(12)17-13(18)16/h5-6,9H,2-4,7-8H2,1H3,(H2,16,17). The molecule has 1 aromatic carbocycles. The van der Waals surface area contributed by atoms with Gasteiger partial charge in [0.2, 0.25) is 5.95 Å². The van der Waals surface area contributed by atoms with Crippen LogP contribution in [0, 0.1) is 5.82 Å². The Morgan fingerprint density at radius 3 is 2.72 bits per heavy atom. The Balaban J connectivity index is 2.18. The van der Waals surface area contributed by atoms with Crippen LogP contribution < -0.4 is 5.73 Å². The van der Waals surface area contributed by atoms with Crippen molar-refractivity contribution in [3.63, 3.8) is 0 Å². The number of rotatable bonds is 1. The molecule has 0 atom stereocenters. The molecule has 1 heterocycles. The van der Waals surface area contributed by atoms with Crippen LogP contribution >= 0.6 is 0 Å². The first kappa shape index (κ1) is 11.5. The molecule has 1 aliphatic rings. The summed E-state index contributed by atoms with van der Waals surface area (Å²) in [4.78, 5) is 4.30. The first-order valence-corrected chi connectivity index (χ1v) is 6.54. The third-order valence-corrected chi connectivity index (χ3v) is 4.11.